The monoisotopic (exact) mass is 367 g/mol. The molecule has 3 heterocycles. The summed E-state index contributed by atoms with van der Waals surface area (Å²) in [5.74, 6) is 1.32. The standard InChI is InChI=1S/C18H13N3O2S2/c1-23-13-6-4-12(5-7-13)11-15-17(22)21-18(25-15)19-16(20-21)9-8-14-3-2-10-24-14/h2-11H,1H3/b9-8+,15-11+. The van der Waals surface area contributed by atoms with Gasteiger partial charge in [0.05, 0.1) is 11.6 Å². The summed E-state index contributed by atoms with van der Waals surface area (Å²) in [6.07, 6.45) is 5.60. The normalized spacial score (nSPS) is 12.4. The Bertz CT molecular complexity index is 1140. The number of hydrogen-bond donors (Lipinski definition) is 0. The Morgan fingerprint density at radius 2 is 2.00 bits per heavy atom. The van der Waals surface area contributed by atoms with E-state index in [-0.39, 0.29) is 5.56 Å². The SMILES string of the molecule is COc1ccc(/C=c2/sc3nc(/C=C/c4cccs4)nn3c2=O)cc1. The first-order valence-corrected chi connectivity index (χ1v) is 9.19. The smallest absolute Gasteiger partial charge is 0.291 e. The Morgan fingerprint density at radius 1 is 1.16 bits per heavy atom. The maximum absolute atomic E-state index is 12.5. The molecule has 0 saturated carbocycles. The highest BCUT2D eigenvalue weighted by Crippen LogP contribution is 2.13. The highest BCUT2D eigenvalue weighted by atomic mass is 32.1. The third-order valence-electron chi connectivity index (χ3n) is 3.55. The molecule has 7 heteroatoms. The number of nitrogens with zero attached hydrogens (tertiary/aromatic N) is 3. The summed E-state index contributed by atoms with van der Waals surface area (Å²) in [6.45, 7) is 0. The molecule has 0 atom stereocenters. The van der Waals surface area contributed by atoms with E-state index in [0.717, 1.165) is 16.2 Å². The average Bonchev–Trinajstić information content (AvgIpc) is 3.34. The van der Waals surface area contributed by atoms with E-state index in [1.807, 2.05) is 60.0 Å². The molecule has 1 aromatic carbocycles. The number of thiophene rings is 1. The molecule has 0 aliphatic heterocycles. The topological polar surface area (TPSA) is 56.5 Å². The quantitative estimate of drug-likeness (QED) is 0.556. The van der Waals surface area contributed by atoms with Crippen LogP contribution in [0.15, 0.2) is 46.6 Å². The van der Waals surface area contributed by atoms with E-state index in [0.29, 0.717) is 15.3 Å². The van der Waals surface area contributed by atoms with Crippen LogP contribution < -0.4 is 14.8 Å². The number of hydrogen-bond acceptors (Lipinski definition) is 6. The van der Waals surface area contributed by atoms with Crippen LogP contribution in [-0.4, -0.2) is 21.7 Å². The highest BCUT2D eigenvalue weighted by molar-refractivity contribution is 7.15. The molecule has 4 aromatic rings. The van der Waals surface area contributed by atoms with Crippen LogP contribution in [0, 0.1) is 0 Å². The van der Waals surface area contributed by atoms with Gasteiger partial charge in [-0.15, -0.1) is 16.4 Å². The minimum Gasteiger partial charge on any atom is -0.497 e. The molecule has 0 spiro atoms. The van der Waals surface area contributed by atoms with Crippen molar-refractivity contribution < 1.29 is 4.74 Å². The molecular formula is C18H13N3O2S2. The number of fused-ring (bicyclic) bond motifs is 1. The lowest BCUT2D eigenvalue weighted by Crippen LogP contribution is -2.23. The molecule has 0 amide bonds. The third-order valence-corrected chi connectivity index (χ3v) is 5.35. The van der Waals surface area contributed by atoms with Gasteiger partial charge in [-0.25, -0.2) is 0 Å². The van der Waals surface area contributed by atoms with Crippen molar-refractivity contribution in [1.82, 2.24) is 14.6 Å². The molecular weight excluding hydrogens is 354 g/mol. The van der Waals surface area contributed by atoms with E-state index in [1.54, 1.807) is 18.4 Å². The first-order valence-electron chi connectivity index (χ1n) is 7.50. The molecule has 124 valence electrons. The van der Waals surface area contributed by atoms with E-state index in [2.05, 4.69) is 10.1 Å². The van der Waals surface area contributed by atoms with Gasteiger partial charge in [-0.2, -0.15) is 9.50 Å². The van der Waals surface area contributed by atoms with Crippen LogP contribution in [0.25, 0.3) is 23.2 Å². The predicted octanol–water partition coefficient (Wildman–Crippen LogP) is 2.94. The van der Waals surface area contributed by atoms with Gasteiger partial charge in [-0.1, -0.05) is 29.5 Å². The molecule has 0 bridgehead atoms. The molecule has 3 aromatic heterocycles. The molecule has 0 N–H and O–H groups in total. The zero-order chi connectivity index (χ0) is 17.2. The van der Waals surface area contributed by atoms with Crippen molar-refractivity contribution in [2.24, 2.45) is 0 Å². The molecule has 0 unspecified atom stereocenters. The number of rotatable bonds is 4. The van der Waals surface area contributed by atoms with Gasteiger partial charge in [-0.3, -0.25) is 4.79 Å². The largest absolute Gasteiger partial charge is 0.497 e. The van der Waals surface area contributed by atoms with E-state index >= 15 is 0 Å². The van der Waals surface area contributed by atoms with Crippen LogP contribution in [0.4, 0.5) is 0 Å². The van der Waals surface area contributed by atoms with Crippen molar-refractivity contribution in [3.8, 4) is 5.75 Å². The number of benzene rings is 1. The highest BCUT2D eigenvalue weighted by Gasteiger charge is 2.08. The summed E-state index contributed by atoms with van der Waals surface area (Å²) in [5.41, 5.74) is 0.777. The van der Waals surface area contributed by atoms with Crippen LogP contribution >= 0.6 is 22.7 Å². The van der Waals surface area contributed by atoms with Crippen molar-refractivity contribution in [2.45, 2.75) is 0 Å². The molecule has 0 aliphatic carbocycles. The van der Waals surface area contributed by atoms with E-state index in [1.165, 1.54) is 15.9 Å². The second kappa shape index (κ2) is 6.62. The Labute approximate surface area is 151 Å². The Kier molecular flexibility index (Phi) is 4.17. The number of methoxy groups -OCH3 is 1. The third kappa shape index (κ3) is 3.24. The minimum absolute atomic E-state index is 0.154. The maximum Gasteiger partial charge on any atom is 0.291 e. The van der Waals surface area contributed by atoms with Gasteiger partial charge in [0.1, 0.15) is 5.75 Å². The Morgan fingerprint density at radius 3 is 2.68 bits per heavy atom. The van der Waals surface area contributed by atoms with Crippen LogP contribution in [0.5, 0.6) is 5.75 Å². The van der Waals surface area contributed by atoms with Crippen molar-refractivity contribution in [2.75, 3.05) is 7.11 Å². The van der Waals surface area contributed by atoms with E-state index in [9.17, 15) is 4.79 Å². The van der Waals surface area contributed by atoms with Crippen LogP contribution in [-0.2, 0) is 0 Å². The lowest BCUT2D eigenvalue weighted by molar-refractivity contribution is 0.415. The second-order valence-corrected chi connectivity index (χ2v) is 7.19. The molecule has 0 fully saturated rings. The van der Waals surface area contributed by atoms with Gasteiger partial charge in [0.15, 0.2) is 5.82 Å². The van der Waals surface area contributed by atoms with Gasteiger partial charge in [0, 0.05) is 4.88 Å². The van der Waals surface area contributed by atoms with Gasteiger partial charge in [0.25, 0.3) is 5.56 Å². The van der Waals surface area contributed by atoms with E-state index in [4.69, 9.17) is 4.74 Å². The van der Waals surface area contributed by atoms with Crippen molar-refractivity contribution in [3.05, 3.63) is 72.9 Å². The summed E-state index contributed by atoms with van der Waals surface area (Å²) in [5, 5.41) is 6.29. The van der Waals surface area contributed by atoms with Crippen molar-refractivity contribution >= 4 is 45.9 Å². The Balaban J connectivity index is 1.67. The number of thiazole rings is 1. The van der Waals surface area contributed by atoms with Crippen molar-refractivity contribution in [1.29, 1.82) is 0 Å². The van der Waals surface area contributed by atoms with Gasteiger partial charge >= 0.3 is 0 Å². The van der Waals surface area contributed by atoms with Crippen LogP contribution in [0.1, 0.15) is 16.3 Å². The van der Waals surface area contributed by atoms with E-state index < -0.39 is 0 Å². The fourth-order valence-corrected chi connectivity index (χ4v) is 3.85. The molecule has 0 saturated heterocycles. The van der Waals surface area contributed by atoms with Gasteiger partial charge in [0.2, 0.25) is 4.96 Å². The summed E-state index contributed by atoms with van der Waals surface area (Å²) in [4.78, 5) is 18.6. The first kappa shape index (κ1) is 15.7. The maximum atomic E-state index is 12.5. The zero-order valence-electron chi connectivity index (χ0n) is 13.2. The lowest BCUT2D eigenvalue weighted by atomic mass is 10.2. The van der Waals surface area contributed by atoms with Crippen LogP contribution in [0.3, 0.4) is 0 Å². The molecule has 25 heavy (non-hydrogen) atoms. The van der Waals surface area contributed by atoms with Gasteiger partial charge in [-0.05, 0) is 47.4 Å². The van der Waals surface area contributed by atoms with Gasteiger partial charge < -0.3 is 4.74 Å². The minimum atomic E-state index is -0.154. The molecule has 0 aliphatic rings. The number of aromatic nitrogens is 3. The Hall–Kier alpha value is -2.77. The average molecular weight is 367 g/mol. The second-order valence-electron chi connectivity index (χ2n) is 5.20. The zero-order valence-corrected chi connectivity index (χ0v) is 14.9. The number of ether oxygens (including phenoxy) is 1. The molecule has 5 nitrogen and oxygen atoms in total. The van der Waals surface area contributed by atoms with Crippen molar-refractivity contribution in [3.63, 3.8) is 0 Å². The summed E-state index contributed by atoms with van der Waals surface area (Å²) >= 11 is 2.97. The fraction of sp³-hybridized carbons (Fsp3) is 0.0556. The summed E-state index contributed by atoms with van der Waals surface area (Å²) < 4.78 is 7.10. The first-order chi connectivity index (χ1) is 12.2. The lowest BCUT2D eigenvalue weighted by Gasteiger charge is -1.98. The fourth-order valence-electron chi connectivity index (χ4n) is 2.31. The molecule has 4 rings (SSSR count). The van der Waals surface area contributed by atoms with Crippen LogP contribution in [0.2, 0.25) is 0 Å². The molecule has 0 radical (unpaired) electrons. The summed E-state index contributed by atoms with van der Waals surface area (Å²) in [7, 11) is 1.62. The summed E-state index contributed by atoms with van der Waals surface area (Å²) in [6, 6.07) is 11.5. The predicted molar refractivity (Wildman–Crippen MR) is 102 cm³/mol.